The van der Waals surface area contributed by atoms with Gasteiger partial charge in [0.25, 0.3) is 0 Å². The average molecular weight is 338 g/mol. The van der Waals surface area contributed by atoms with E-state index in [2.05, 4.69) is 0 Å². The summed E-state index contributed by atoms with van der Waals surface area (Å²) < 4.78 is 10.7. The lowest BCUT2D eigenvalue weighted by Crippen LogP contribution is -2.09. The highest BCUT2D eigenvalue weighted by Crippen LogP contribution is 2.35. The second kappa shape index (κ2) is 7.03. The molecule has 0 radical (unpaired) electrons. The highest BCUT2D eigenvalue weighted by molar-refractivity contribution is 6.31. The molecule has 0 fully saturated rings. The van der Waals surface area contributed by atoms with Gasteiger partial charge in [0.2, 0.25) is 0 Å². The summed E-state index contributed by atoms with van der Waals surface area (Å²) in [5.74, 6) is -0.364. The third kappa shape index (κ3) is 4.29. The van der Waals surface area contributed by atoms with Crippen LogP contribution in [0.1, 0.15) is 5.56 Å². The van der Waals surface area contributed by atoms with E-state index in [1.807, 2.05) is 6.07 Å². The van der Waals surface area contributed by atoms with E-state index >= 15 is 0 Å². The largest absolute Gasteiger partial charge is 0.479 e. The van der Waals surface area contributed by atoms with Gasteiger partial charge in [-0.1, -0.05) is 23.2 Å². The highest BCUT2D eigenvalue weighted by Gasteiger charge is 2.10. The summed E-state index contributed by atoms with van der Waals surface area (Å²) in [4.78, 5) is 10.6. The molecule has 0 atom stereocenters. The number of halogens is 2. The SMILES string of the molecule is N#Cc1cc(Cl)cc(Oc2ccc(Cl)cc2OCC(=O)O)c1. The van der Waals surface area contributed by atoms with E-state index in [0.29, 0.717) is 21.4 Å². The minimum atomic E-state index is -1.12. The molecule has 2 rings (SSSR count). The maximum atomic E-state index is 10.6. The van der Waals surface area contributed by atoms with Crippen molar-refractivity contribution in [2.45, 2.75) is 0 Å². The van der Waals surface area contributed by atoms with Crippen molar-refractivity contribution >= 4 is 29.2 Å². The van der Waals surface area contributed by atoms with Gasteiger partial charge in [0, 0.05) is 16.1 Å². The number of nitrogens with zero attached hydrogens (tertiary/aromatic N) is 1. The Kier molecular flexibility index (Phi) is 5.10. The van der Waals surface area contributed by atoms with E-state index < -0.39 is 12.6 Å². The van der Waals surface area contributed by atoms with Crippen molar-refractivity contribution in [3.63, 3.8) is 0 Å². The molecule has 0 heterocycles. The molecule has 0 bridgehead atoms. The number of ether oxygens (including phenoxy) is 2. The topological polar surface area (TPSA) is 79.5 Å². The Morgan fingerprint density at radius 1 is 1.14 bits per heavy atom. The second-order valence-electron chi connectivity index (χ2n) is 4.16. The maximum absolute atomic E-state index is 10.6. The van der Waals surface area contributed by atoms with Gasteiger partial charge in [0.15, 0.2) is 18.1 Å². The van der Waals surface area contributed by atoms with Crippen molar-refractivity contribution < 1.29 is 19.4 Å². The molecule has 0 spiro atoms. The number of carboxylic acid groups (broad SMARTS) is 1. The van der Waals surface area contributed by atoms with E-state index in [-0.39, 0.29) is 11.5 Å². The molecular weight excluding hydrogens is 329 g/mol. The molecule has 22 heavy (non-hydrogen) atoms. The molecule has 112 valence electrons. The average Bonchev–Trinajstić information content (AvgIpc) is 2.46. The quantitative estimate of drug-likeness (QED) is 0.887. The zero-order chi connectivity index (χ0) is 16.1. The maximum Gasteiger partial charge on any atom is 0.341 e. The molecule has 0 saturated carbocycles. The third-order valence-electron chi connectivity index (χ3n) is 2.49. The van der Waals surface area contributed by atoms with Gasteiger partial charge >= 0.3 is 5.97 Å². The number of hydrogen-bond acceptors (Lipinski definition) is 4. The third-order valence-corrected chi connectivity index (χ3v) is 2.94. The first-order valence-corrected chi connectivity index (χ1v) is 6.76. The normalized spacial score (nSPS) is 9.86. The van der Waals surface area contributed by atoms with Crippen molar-refractivity contribution in [1.82, 2.24) is 0 Å². The zero-order valence-corrected chi connectivity index (χ0v) is 12.6. The van der Waals surface area contributed by atoms with Crippen LogP contribution in [0.4, 0.5) is 0 Å². The summed E-state index contributed by atoms with van der Waals surface area (Å²) in [6, 6.07) is 11.0. The predicted octanol–water partition coefficient (Wildman–Crippen LogP) is 4.12. The first-order chi connectivity index (χ1) is 10.5. The van der Waals surface area contributed by atoms with E-state index in [1.54, 1.807) is 6.07 Å². The van der Waals surface area contributed by atoms with Crippen LogP contribution in [-0.4, -0.2) is 17.7 Å². The molecular formula is C15H9Cl2NO4. The lowest BCUT2D eigenvalue weighted by atomic mass is 10.2. The summed E-state index contributed by atoms with van der Waals surface area (Å²) in [6.07, 6.45) is 0. The van der Waals surface area contributed by atoms with Gasteiger partial charge in [-0.2, -0.15) is 5.26 Å². The lowest BCUT2D eigenvalue weighted by molar-refractivity contribution is -0.139. The van der Waals surface area contributed by atoms with Crippen LogP contribution in [0.15, 0.2) is 36.4 Å². The molecule has 0 saturated heterocycles. The lowest BCUT2D eigenvalue weighted by Gasteiger charge is -2.12. The number of carbonyl (C=O) groups is 1. The van der Waals surface area contributed by atoms with Gasteiger partial charge < -0.3 is 14.6 Å². The Hall–Kier alpha value is -2.42. The fourth-order valence-electron chi connectivity index (χ4n) is 1.63. The van der Waals surface area contributed by atoms with Crippen LogP contribution in [0, 0.1) is 11.3 Å². The number of nitriles is 1. The Bertz CT molecular complexity index is 756. The fourth-order valence-corrected chi connectivity index (χ4v) is 2.02. The fraction of sp³-hybridized carbons (Fsp3) is 0.0667. The molecule has 0 aromatic heterocycles. The van der Waals surface area contributed by atoms with E-state index in [9.17, 15) is 4.79 Å². The minimum Gasteiger partial charge on any atom is -0.479 e. The van der Waals surface area contributed by atoms with Gasteiger partial charge in [0.05, 0.1) is 11.6 Å². The van der Waals surface area contributed by atoms with Crippen LogP contribution in [0.3, 0.4) is 0 Å². The standard InChI is InChI=1S/C15H9Cl2NO4/c16-10-1-2-13(14(6-10)21-8-15(19)20)22-12-4-9(7-18)3-11(17)5-12/h1-6H,8H2,(H,19,20). The summed E-state index contributed by atoms with van der Waals surface area (Å²) in [5, 5.41) is 18.3. The highest BCUT2D eigenvalue weighted by atomic mass is 35.5. The van der Waals surface area contributed by atoms with Crippen LogP contribution < -0.4 is 9.47 Å². The monoisotopic (exact) mass is 337 g/mol. The van der Waals surface area contributed by atoms with Crippen molar-refractivity contribution in [2.75, 3.05) is 6.61 Å². The molecule has 0 amide bonds. The number of aliphatic carboxylic acids is 1. The van der Waals surface area contributed by atoms with E-state index in [1.165, 1.54) is 30.3 Å². The predicted molar refractivity (Wildman–Crippen MR) is 80.8 cm³/mol. The Balaban J connectivity index is 2.31. The van der Waals surface area contributed by atoms with Gasteiger partial charge in [-0.25, -0.2) is 4.79 Å². The molecule has 0 aliphatic carbocycles. The van der Waals surface area contributed by atoms with Gasteiger partial charge in [-0.15, -0.1) is 0 Å². The summed E-state index contributed by atoms with van der Waals surface area (Å²) in [6.45, 7) is -0.532. The Labute approximate surface area is 136 Å². The molecule has 1 N–H and O–H groups in total. The summed E-state index contributed by atoms with van der Waals surface area (Å²) in [7, 11) is 0. The molecule has 0 unspecified atom stereocenters. The van der Waals surface area contributed by atoms with E-state index in [4.69, 9.17) is 43.0 Å². The second-order valence-corrected chi connectivity index (χ2v) is 5.04. The Morgan fingerprint density at radius 3 is 2.59 bits per heavy atom. The number of rotatable bonds is 5. The van der Waals surface area contributed by atoms with Crippen molar-refractivity contribution in [3.05, 3.63) is 52.0 Å². The number of carboxylic acids is 1. The first kappa shape index (κ1) is 16.0. The van der Waals surface area contributed by atoms with E-state index in [0.717, 1.165) is 0 Å². The van der Waals surface area contributed by atoms with Crippen LogP contribution >= 0.6 is 23.2 Å². The number of hydrogen-bond donors (Lipinski definition) is 1. The van der Waals surface area contributed by atoms with Gasteiger partial charge in [-0.3, -0.25) is 0 Å². The van der Waals surface area contributed by atoms with Crippen LogP contribution in [0.5, 0.6) is 17.2 Å². The van der Waals surface area contributed by atoms with Crippen molar-refractivity contribution in [3.8, 4) is 23.3 Å². The smallest absolute Gasteiger partial charge is 0.341 e. The molecule has 0 aliphatic heterocycles. The summed E-state index contributed by atoms with van der Waals surface area (Å²) >= 11 is 11.8. The van der Waals surface area contributed by atoms with Crippen molar-refractivity contribution in [2.24, 2.45) is 0 Å². The van der Waals surface area contributed by atoms with Crippen molar-refractivity contribution in [1.29, 1.82) is 5.26 Å². The number of benzene rings is 2. The Morgan fingerprint density at radius 2 is 1.91 bits per heavy atom. The first-order valence-electron chi connectivity index (χ1n) is 6.00. The summed E-state index contributed by atoms with van der Waals surface area (Å²) in [5.41, 5.74) is 0.337. The molecule has 2 aromatic carbocycles. The van der Waals surface area contributed by atoms with Gasteiger partial charge in [-0.05, 0) is 30.3 Å². The molecule has 2 aromatic rings. The minimum absolute atomic E-state index is 0.174. The molecule has 0 aliphatic rings. The molecule has 5 nitrogen and oxygen atoms in total. The van der Waals surface area contributed by atoms with Gasteiger partial charge in [0.1, 0.15) is 5.75 Å². The zero-order valence-electron chi connectivity index (χ0n) is 11.0. The van der Waals surface area contributed by atoms with Crippen LogP contribution in [0.25, 0.3) is 0 Å². The molecule has 7 heteroatoms. The van der Waals surface area contributed by atoms with Crippen LogP contribution in [-0.2, 0) is 4.79 Å². The van der Waals surface area contributed by atoms with Crippen LogP contribution in [0.2, 0.25) is 10.0 Å².